The van der Waals surface area contributed by atoms with Gasteiger partial charge in [-0.2, -0.15) is 0 Å². The third kappa shape index (κ3) is 5.78. The van der Waals surface area contributed by atoms with Crippen molar-refractivity contribution in [2.45, 2.75) is 25.5 Å². The number of nitrogens with zero attached hydrogens (tertiary/aromatic N) is 6. The van der Waals surface area contributed by atoms with E-state index in [0.29, 0.717) is 49.2 Å². The molecule has 0 saturated carbocycles. The predicted octanol–water partition coefficient (Wildman–Crippen LogP) is 3.55. The summed E-state index contributed by atoms with van der Waals surface area (Å²) >= 11 is 0. The van der Waals surface area contributed by atoms with Crippen LogP contribution >= 0.6 is 0 Å². The fourth-order valence-electron chi connectivity index (χ4n) is 5.02. The normalized spacial score (nSPS) is 17.8. The minimum atomic E-state index is -0.361. The van der Waals surface area contributed by atoms with Crippen LogP contribution in [0.15, 0.2) is 60.9 Å². The number of nitrogens with one attached hydrogen (secondary N) is 2. The highest BCUT2D eigenvalue weighted by molar-refractivity contribution is 5.68. The van der Waals surface area contributed by atoms with Crippen LogP contribution < -0.4 is 15.5 Å². The Morgan fingerprint density at radius 3 is 2.74 bits per heavy atom. The summed E-state index contributed by atoms with van der Waals surface area (Å²) in [6.07, 6.45) is 4.89. The van der Waals surface area contributed by atoms with E-state index in [0.717, 1.165) is 37.3 Å². The summed E-state index contributed by atoms with van der Waals surface area (Å²) in [6, 6.07) is 14.9. The zero-order valence-electron chi connectivity index (χ0n) is 21.6. The Hall–Kier alpha value is -4.25. The lowest BCUT2D eigenvalue weighted by atomic mass is 10.1. The van der Waals surface area contributed by atoms with E-state index in [1.54, 1.807) is 21.6 Å². The molecule has 39 heavy (non-hydrogen) atoms. The number of carbonyl (C=O) groups excluding carboxylic acids is 1. The van der Waals surface area contributed by atoms with E-state index < -0.39 is 0 Å². The number of benzene rings is 1. The zero-order valence-corrected chi connectivity index (χ0v) is 21.6. The Morgan fingerprint density at radius 2 is 1.95 bits per heavy atom. The Labute approximate surface area is 225 Å². The molecular weight excluding hydrogens is 499 g/mol. The van der Waals surface area contributed by atoms with Crippen molar-refractivity contribution in [3.05, 3.63) is 72.3 Å². The average molecular weight is 531 g/mol. The van der Waals surface area contributed by atoms with Gasteiger partial charge >= 0.3 is 6.09 Å². The van der Waals surface area contributed by atoms with Crippen molar-refractivity contribution in [2.75, 3.05) is 49.5 Å². The number of ether oxygens (including phenoxy) is 1. The number of fused-ring (bicyclic) bond motifs is 1. The molecule has 202 valence electrons. The molecule has 0 bridgehead atoms. The van der Waals surface area contributed by atoms with Gasteiger partial charge in [0.2, 0.25) is 0 Å². The minimum Gasteiger partial charge on any atom is -0.445 e. The summed E-state index contributed by atoms with van der Waals surface area (Å²) < 4.78 is 21.2. The number of hydrogen-bond donors (Lipinski definition) is 2. The highest BCUT2D eigenvalue weighted by Crippen LogP contribution is 2.26. The topological polar surface area (TPSA) is 99.9 Å². The predicted molar refractivity (Wildman–Crippen MR) is 146 cm³/mol. The van der Waals surface area contributed by atoms with Crippen LogP contribution in [0.1, 0.15) is 18.4 Å². The molecule has 5 heterocycles. The largest absolute Gasteiger partial charge is 0.445 e. The van der Waals surface area contributed by atoms with E-state index >= 15 is 0 Å². The highest BCUT2D eigenvalue weighted by Gasteiger charge is 2.25. The first-order valence-corrected chi connectivity index (χ1v) is 13.3. The number of pyridine rings is 1. The average Bonchev–Trinajstić information content (AvgIpc) is 3.40. The molecule has 0 unspecified atom stereocenters. The number of amides is 1. The number of halogens is 1. The standard InChI is InChI=1S/C28H31FN8O2/c29-21-8-9-25-31-17-23(37(25)18-21)27-33-24(32-22-7-4-10-30-16-22)15-26(34-27)35-11-13-36(14-12-35)28(38)39-19-20-5-2-1-3-6-20/h1-3,5-6,8-9,15,17-18,22,30H,4,7,10-14,16,19H2,(H,32,33,34)/t22-/m1/s1. The quantitative estimate of drug-likeness (QED) is 0.391. The van der Waals surface area contributed by atoms with Gasteiger partial charge in [-0.05, 0) is 37.1 Å². The molecule has 1 atom stereocenters. The second-order valence-electron chi connectivity index (χ2n) is 9.86. The molecule has 2 aliphatic rings. The monoisotopic (exact) mass is 530 g/mol. The lowest BCUT2D eigenvalue weighted by Gasteiger charge is -2.35. The molecule has 0 spiro atoms. The zero-order chi connectivity index (χ0) is 26.6. The van der Waals surface area contributed by atoms with Crippen molar-refractivity contribution >= 4 is 23.4 Å². The van der Waals surface area contributed by atoms with Crippen molar-refractivity contribution in [3.63, 3.8) is 0 Å². The molecule has 1 aromatic carbocycles. The number of anilines is 2. The van der Waals surface area contributed by atoms with Crippen LogP contribution in [0.3, 0.4) is 0 Å². The maximum Gasteiger partial charge on any atom is 0.410 e. The second-order valence-corrected chi connectivity index (χ2v) is 9.86. The van der Waals surface area contributed by atoms with Gasteiger partial charge in [0, 0.05) is 51.0 Å². The Morgan fingerprint density at radius 1 is 1.10 bits per heavy atom. The van der Waals surface area contributed by atoms with E-state index in [1.807, 2.05) is 36.4 Å². The van der Waals surface area contributed by atoms with Crippen molar-refractivity contribution in [3.8, 4) is 11.5 Å². The number of piperidine rings is 1. The number of piperazine rings is 1. The molecule has 2 saturated heterocycles. The summed E-state index contributed by atoms with van der Waals surface area (Å²) in [5, 5.41) is 6.97. The summed E-state index contributed by atoms with van der Waals surface area (Å²) in [5.74, 6) is 1.55. The van der Waals surface area contributed by atoms with Crippen LogP contribution in [0.2, 0.25) is 0 Å². The molecule has 10 nitrogen and oxygen atoms in total. The molecule has 4 aromatic rings. The molecule has 6 rings (SSSR count). The summed E-state index contributed by atoms with van der Waals surface area (Å²) in [5.41, 5.74) is 2.19. The minimum absolute atomic E-state index is 0.250. The molecular formula is C28H31FN8O2. The molecule has 2 aliphatic heterocycles. The van der Waals surface area contributed by atoms with Crippen LogP contribution in [0.5, 0.6) is 0 Å². The van der Waals surface area contributed by atoms with Crippen LogP contribution in [0.25, 0.3) is 17.2 Å². The molecule has 1 amide bonds. The summed E-state index contributed by atoms with van der Waals surface area (Å²) in [4.78, 5) is 30.6. The summed E-state index contributed by atoms with van der Waals surface area (Å²) in [6.45, 7) is 4.36. The Balaban J connectivity index is 1.21. The lowest BCUT2D eigenvalue weighted by Crippen LogP contribution is -2.49. The Bertz CT molecular complexity index is 1430. The third-order valence-corrected chi connectivity index (χ3v) is 7.13. The van der Waals surface area contributed by atoms with Crippen LogP contribution in [0.4, 0.5) is 20.8 Å². The summed E-state index contributed by atoms with van der Waals surface area (Å²) in [7, 11) is 0. The first kappa shape index (κ1) is 25.1. The first-order chi connectivity index (χ1) is 19.1. The number of aromatic nitrogens is 4. The van der Waals surface area contributed by atoms with Gasteiger partial charge in [-0.15, -0.1) is 0 Å². The third-order valence-electron chi connectivity index (χ3n) is 7.13. The molecule has 11 heteroatoms. The van der Waals surface area contributed by atoms with Gasteiger partial charge in [0.05, 0.1) is 6.20 Å². The van der Waals surface area contributed by atoms with E-state index in [4.69, 9.17) is 14.7 Å². The van der Waals surface area contributed by atoms with E-state index in [1.165, 1.54) is 12.3 Å². The number of imidazole rings is 1. The van der Waals surface area contributed by atoms with Gasteiger partial charge in [-0.3, -0.25) is 4.40 Å². The molecule has 2 fully saturated rings. The molecule has 0 aliphatic carbocycles. The van der Waals surface area contributed by atoms with Crippen molar-refractivity contribution in [2.24, 2.45) is 0 Å². The van der Waals surface area contributed by atoms with Crippen molar-refractivity contribution in [1.29, 1.82) is 0 Å². The molecule has 3 aromatic heterocycles. The van der Waals surface area contributed by atoms with Gasteiger partial charge in [0.1, 0.15) is 35.4 Å². The van der Waals surface area contributed by atoms with Crippen LogP contribution in [-0.4, -0.2) is 75.7 Å². The van der Waals surface area contributed by atoms with Gasteiger partial charge in [0.25, 0.3) is 0 Å². The van der Waals surface area contributed by atoms with E-state index in [9.17, 15) is 9.18 Å². The molecule has 0 radical (unpaired) electrons. The van der Waals surface area contributed by atoms with Crippen LogP contribution in [0, 0.1) is 5.82 Å². The Kier molecular flexibility index (Phi) is 7.22. The molecule has 2 N–H and O–H groups in total. The van der Waals surface area contributed by atoms with Crippen molar-refractivity contribution < 1.29 is 13.9 Å². The first-order valence-electron chi connectivity index (χ1n) is 13.3. The number of rotatable bonds is 6. The SMILES string of the molecule is O=C(OCc1ccccc1)N1CCN(c2cc(N[C@@H]3CCCNC3)nc(-c3cnc4ccc(F)cn34)n2)CC1. The van der Waals surface area contributed by atoms with Gasteiger partial charge < -0.3 is 25.2 Å². The smallest absolute Gasteiger partial charge is 0.410 e. The fraction of sp³-hybridized carbons (Fsp3) is 0.357. The van der Waals surface area contributed by atoms with E-state index in [-0.39, 0.29) is 24.6 Å². The van der Waals surface area contributed by atoms with E-state index in [2.05, 4.69) is 20.5 Å². The second kappa shape index (κ2) is 11.2. The number of hydrogen-bond acceptors (Lipinski definition) is 8. The number of carbonyl (C=O) groups is 1. The maximum absolute atomic E-state index is 14.1. The van der Waals surface area contributed by atoms with Gasteiger partial charge in [-0.1, -0.05) is 30.3 Å². The van der Waals surface area contributed by atoms with Gasteiger partial charge in [-0.25, -0.2) is 24.1 Å². The van der Waals surface area contributed by atoms with Crippen molar-refractivity contribution in [1.82, 2.24) is 29.6 Å². The lowest BCUT2D eigenvalue weighted by molar-refractivity contribution is 0.0941. The maximum atomic E-state index is 14.1. The van der Waals surface area contributed by atoms with Crippen LogP contribution in [-0.2, 0) is 11.3 Å². The fourth-order valence-corrected chi connectivity index (χ4v) is 5.02. The highest BCUT2D eigenvalue weighted by atomic mass is 19.1. The van der Waals surface area contributed by atoms with Gasteiger partial charge in [0.15, 0.2) is 5.82 Å².